The van der Waals surface area contributed by atoms with Gasteiger partial charge >= 0.3 is 5.97 Å². The van der Waals surface area contributed by atoms with E-state index in [1.165, 1.54) is 39.0 Å². The number of hydrogen-bond acceptors (Lipinski definition) is 8. The maximum Gasteiger partial charge on any atom is 0.331 e. The van der Waals surface area contributed by atoms with Crippen LogP contribution in [0.4, 0.5) is 0 Å². The van der Waals surface area contributed by atoms with Crippen LogP contribution in [0.2, 0.25) is 1.41 Å². The third-order valence-corrected chi connectivity index (χ3v) is 6.84. The molecule has 0 fully saturated rings. The molecular weight excluding hydrogens is 520 g/mol. The molecule has 4 atom stereocenters. The molecule has 2 unspecified atom stereocenters. The van der Waals surface area contributed by atoms with Gasteiger partial charge < -0.3 is 38.7 Å². The minimum Gasteiger partial charge on any atom is -0.480 e. The minimum atomic E-state index is -2.34. The fourth-order valence-corrected chi connectivity index (χ4v) is 4.11. The second kappa shape index (κ2) is 19.9. The fourth-order valence-electron chi connectivity index (χ4n) is 4.11. The molecule has 0 saturated heterocycles. The molecule has 4 amide bonds. The number of amides is 4. The zero-order valence-corrected chi connectivity index (χ0v) is 24.0. The van der Waals surface area contributed by atoms with Crippen LogP contribution in [-0.4, -0.2) is 64.2 Å². The lowest BCUT2D eigenvalue weighted by molar-refractivity contribution is -0.149. The number of nitrogens with one attached hydrogen (secondary N) is 2. The van der Waals surface area contributed by atoms with E-state index < -0.39 is 66.0 Å². The Morgan fingerprint density at radius 3 is 1.90 bits per heavy atom. The number of aliphatic carboxylic acids is 1. The summed E-state index contributed by atoms with van der Waals surface area (Å²) in [5.74, 6) is -5.72. The Balaban J connectivity index is 4.83. The molecular formula is C27H50N6O7. The summed E-state index contributed by atoms with van der Waals surface area (Å²) in [6, 6.07) is -3.72. The van der Waals surface area contributed by atoms with Crippen LogP contribution in [0.5, 0.6) is 0 Å². The highest BCUT2D eigenvalue weighted by atomic mass is 16.4. The molecule has 0 spiro atoms. The number of primary amides is 2. The number of ketones is 1. The predicted molar refractivity (Wildman–Crippen MR) is 150 cm³/mol. The highest BCUT2D eigenvalue weighted by Gasteiger charge is 2.41. The fraction of sp³-hybridized carbons (Fsp3) is 0.778. The Morgan fingerprint density at radius 2 is 1.40 bits per heavy atom. The van der Waals surface area contributed by atoms with Crippen LogP contribution in [-0.2, 0) is 28.8 Å². The van der Waals surface area contributed by atoms with Crippen molar-refractivity contribution in [1.82, 2.24) is 10.6 Å². The van der Waals surface area contributed by atoms with Gasteiger partial charge in [-0.2, -0.15) is 0 Å². The second-order valence-corrected chi connectivity index (χ2v) is 10.4. The smallest absolute Gasteiger partial charge is 0.331 e. The summed E-state index contributed by atoms with van der Waals surface area (Å²) in [4.78, 5) is 72.6. The van der Waals surface area contributed by atoms with Gasteiger partial charge in [0.15, 0.2) is 12.7 Å². The first-order chi connectivity index (χ1) is 19.2. The second-order valence-electron chi connectivity index (χ2n) is 10.4. The van der Waals surface area contributed by atoms with Crippen LogP contribution >= 0.6 is 0 Å². The summed E-state index contributed by atoms with van der Waals surface area (Å²) >= 11 is 0. The highest BCUT2D eigenvalue weighted by Crippen LogP contribution is 2.18. The van der Waals surface area contributed by atoms with E-state index in [4.69, 9.17) is 24.3 Å². The van der Waals surface area contributed by atoms with Gasteiger partial charge in [-0.15, -0.1) is 0 Å². The largest absolute Gasteiger partial charge is 0.480 e. The molecule has 13 heteroatoms. The number of Topliss-reactive ketones (excluding diaryl/α,β-unsaturated/α-hetero) is 1. The summed E-state index contributed by atoms with van der Waals surface area (Å²) in [6.07, 6.45) is 8.67. The van der Waals surface area contributed by atoms with E-state index in [9.17, 15) is 33.9 Å². The molecule has 0 heterocycles. The third-order valence-electron chi connectivity index (χ3n) is 6.84. The molecule has 0 saturated carbocycles. The molecule has 40 heavy (non-hydrogen) atoms. The van der Waals surface area contributed by atoms with E-state index in [1.807, 2.05) is 0 Å². The van der Waals surface area contributed by atoms with E-state index in [2.05, 4.69) is 12.2 Å². The average molecular weight is 572 g/mol. The number of carboxylic acid groups (broad SMARTS) is 1. The highest BCUT2D eigenvalue weighted by molar-refractivity contribution is 6.07. The van der Waals surface area contributed by atoms with Gasteiger partial charge in [0.2, 0.25) is 23.6 Å². The average Bonchev–Trinajstić information content (AvgIpc) is 2.90. The zero-order valence-electron chi connectivity index (χ0n) is 25.0. The number of carbonyl (C=O) groups excluding carboxylic acids is 5. The zero-order chi connectivity index (χ0) is 31.6. The Hall–Kier alpha value is -3.06. The van der Waals surface area contributed by atoms with Crippen LogP contribution in [0.1, 0.15) is 110 Å². The molecule has 0 aromatic heterocycles. The van der Waals surface area contributed by atoms with Crippen molar-refractivity contribution in [3.05, 3.63) is 0 Å². The number of carboxylic acids is 1. The van der Waals surface area contributed by atoms with Crippen molar-refractivity contribution in [3.63, 3.8) is 0 Å². The van der Waals surface area contributed by atoms with Crippen molar-refractivity contribution in [2.24, 2.45) is 22.9 Å². The Labute approximate surface area is 238 Å². The quantitative estimate of drug-likeness (QED) is 0.0628. The summed E-state index contributed by atoms with van der Waals surface area (Å²) in [6.45, 7) is 3.54. The molecule has 0 aliphatic rings. The van der Waals surface area contributed by atoms with E-state index >= 15 is 0 Å². The van der Waals surface area contributed by atoms with Gasteiger partial charge in [-0.3, -0.25) is 24.0 Å². The minimum absolute atomic E-state index is 0.0104. The van der Waals surface area contributed by atoms with Crippen LogP contribution in [0, 0.1) is 0 Å². The van der Waals surface area contributed by atoms with Gasteiger partial charge in [0.25, 0.3) is 0 Å². The molecule has 0 aliphatic heterocycles. The first-order valence-corrected chi connectivity index (χ1v) is 14.2. The van der Waals surface area contributed by atoms with Gasteiger partial charge in [-0.25, -0.2) is 4.79 Å². The van der Waals surface area contributed by atoms with Crippen LogP contribution in [0.25, 0.3) is 0 Å². The first kappa shape index (κ1) is 35.0. The van der Waals surface area contributed by atoms with Gasteiger partial charge in [0.1, 0.15) is 12.1 Å². The van der Waals surface area contributed by atoms with Crippen LogP contribution < -0.4 is 33.6 Å². The predicted octanol–water partition coefficient (Wildman–Crippen LogP) is 0.496. The lowest BCUT2D eigenvalue weighted by Gasteiger charge is -2.25. The lowest BCUT2D eigenvalue weighted by Crippen LogP contribution is -2.56. The summed E-state index contributed by atoms with van der Waals surface area (Å²) in [5, 5.41) is 12.4. The summed E-state index contributed by atoms with van der Waals surface area (Å²) in [7, 11) is 0. The summed E-state index contributed by atoms with van der Waals surface area (Å²) < 4.78 is 8.11. The lowest BCUT2D eigenvalue weighted by atomic mass is 9.85. The molecule has 0 rings (SSSR count). The molecule has 0 aromatic carbocycles. The Morgan fingerprint density at radius 1 is 0.850 bits per heavy atom. The van der Waals surface area contributed by atoms with Crippen LogP contribution in [0.3, 0.4) is 0 Å². The normalized spacial score (nSPS) is 15.2. The van der Waals surface area contributed by atoms with E-state index in [-0.39, 0.29) is 31.6 Å². The van der Waals surface area contributed by atoms with Gasteiger partial charge in [0.05, 0.1) is 6.04 Å². The number of nitrogens with two attached hydrogens (primary N) is 4. The maximum atomic E-state index is 12.7. The number of rotatable bonds is 24. The van der Waals surface area contributed by atoms with Crippen molar-refractivity contribution in [3.8, 4) is 0 Å². The molecule has 11 N–H and O–H groups in total. The van der Waals surface area contributed by atoms with Gasteiger partial charge in [-0.05, 0) is 39.0 Å². The van der Waals surface area contributed by atoms with Crippen molar-refractivity contribution in [2.75, 3.05) is 0 Å². The van der Waals surface area contributed by atoms with E-state index in [1.54, 1.807) is 0 Å². The molecule has 0 bridgehead atoms. The van der Waals surface area contributed by atoms with Gasteiger partial charge in [0, 0.05) is 12.8 Å². The topological polar surface area (TPSA) is 251 Å². The maximum absolute atomic E-state index is 12.7. The third kappa shape index (κ3) is 14.9. The first-order valence-electron chi connectivity index (χ1n) is 14.6. The van der Waals surface area contributed by atoms with Crippen molar-refractivity contribution < 1.29 is 35.3 Å². The monoisotopic (exact) mass is 571 g/mol. The van der Waals surface area contributed by atoms with Crippen molar-refractivity contribution >= 4 is 35.4 Å². The van der Waals surface area contributed by atoms with E-state index in [0.717, 1.165) is 19.3 Å². The van der Waals surface area contributed by atoms with Gasteiger partial charge in [-0.1, -0.05) is 58.3 Å². The summed E-state index contributed by atoms with van der Waals surface area (Å²) in [5.41, 5.74) is 19.5. The molecule has 0 radical (unpaired) electrons. The van der Waals surface area contributed by atoms with Crippen molar-refractivity contribution in [2.45, 2.75) is 134 Å². The number of unbranched alkanes of at least 4 members (excludes halogenated alkanes) is 8. The SMILES string of the molecule is [2H]N(C(=O)[C@H](C)NC(=O)CCCCCCCCCCC)[C@H](CCC(=O)C(N)(CCCC(N)C(N)=O)C(=O)O)C(N)=O. The number of hydrogen-bond donors (Lipinski definition) is 7. The Bertz CT molecular complexity index is 890. The van der Waals surface area contributed by atoms with E-state index in [0.29, 0.717) is 11.7 Å². The van der Waals surface area contributed by atoms with Crippen molar-refractivity contribution in [1.29, 1.82) is 0 Å². The standard InChI is InChI=1S/C27H50N6O7/c1-3-4-5-6-7-8-9-10-11-14-22(35)32-18(2)25(38)33-20(24(30)37)15-16-21(34)27(31,26(39)40)17-12-13-19(28)23(29)36/h18-20H,3-17,28,31H2,1-2H3,(H2,29,36)(H2,30,37)(H,32,35)(H,33,38)(H,39,40)/t18-,19?,20+,27?/m0/s1/i/hD. The molecule has 230 valence electrons. The number of carbonyl (C=O) groups is 6. The molecule has 13 nitrogen and oxygen atoms in total. The van der Waals surface area contributed by atoms with Crippen LogP contribution in [0.15, 0.2) is 0 Å². The molecule has 0 aromatic rings. The Kier molecular flexibility index (Phi) is 17.4. The molecule has 0 aliphatic carbocycles.